The molecule has 0 aliphatic carbocycles. The molecule has 2 aliphatic heterocycles. The van der Waals surface area contributed by atoms with Gasteiger partial charge in [0.15, 0.2) is 0 Å². The second kappa shape index (κ2) is 9.75. The Labute approximate surface area is 146 Å². The molecule has 3 rings (SSSR count). The van der Waals surface area contributed by atoms with Crippen molar-refractivity contribution in [1.29, 1.82) is 0 Å². The Morgan fingerprint density at radius 2 is 1.79 bits per heavy atom. The quantitative estimate of drug-likeness (QED) is 0.876. The van der Waals surface area contributed by atoms with E-state index in [1.807, 2.05) is 30.3 Å². The van der Waals surface area contributed by atoms with Crippen molar-refractivity contribution < 1.29 is 5.11 Å². The van der Waals surface area contributed by atoms with Crippen molar-refractivity contribution in [1.82, 2.24) is 5.32 Å². The van der Waals surface area contributed by atoms with Gasteiger partial charge in [-0.25, -0.2) is 0 Å². The van der Waals surface area contributed by atoms with Crippen LogP contribution in [0.2, 0.25) is 0 Å². The van der Waals surface area contributed by atoms with Gasteiger partial charge in [0.25, 0.3) is 0 Å². The van der Waals surface area contributed by atoms with Crippen LogP contribution in [0.25, 0.3) is 0 Å². The molecule has 1 aromatic rings. The molecule has 0 aromatic heterocycles. The lowest BCUT2D eigenvalue weighted by Gasteiger charge is -2.31. The van der Waals surface area contributed by atoms with Crippen molar-refractivity contribution in [3.05, 3.63) is 47.0 Å². The van der Waals surface area contributed by atoms with Gasteiger partial charge in [0, 0.05) is 5.71 Å². The van der Waals surface area contributed by atoms with Crippen molar-refractivity contribution in [2.24, 2.45) is 10.9 Å². The number of aliphatic hydroxyl groups is 1. The lowest BCUT2D eigenvalue weighted by molar-refractivity contribution is 0.282. The third-order valence-corrected chi connectivity index (χ3v) is 5.01. The van der Waals surface area contributed by atoms with Crippen LogP contribution in [0.4, 0.5) is 0 Å². The van der Waals surface area contributed by atoms with Crippen LogP contribution in [0.3, 0.4) is 0 Å². The maximum absolute atomic E-state index is 8.54. The molecule has 0 radical (unpaired) electrons. The fraction of sp³-hybridized carbons (Fsp3) is 0.571. The molecule has 3 nitrogen and oxygen atoms in total. The molecule has 0 spiro atoms. The van der Waals surface area contributed by atoms with E-state index in [4.69, 9.17) is 10.1 Å². The highest BCUT2D eigenvalue weighted by Gasteiger charge is 2.25. The summed E-state index contributed by atoms with van der Waals surface area (Å²) in [7, 11) is 0. The summed E-state index contributed by atoms with van der Waals surface area (Å²) in [5, 5.41) is 12.0. The Hall–Kier alpha value is -1.45. The first kappa shape index (κ1) is 18.9. The molecule has 0 saturated carbocycles. The molecular formula is C21H32N2O. The van der Waals surface area contributed by atoms with E-state index in [9.17, 15) is 0 Å². The second-order valence-electron chi connectivity index (χ2n) is 6.84. The van der Waals surface area contributed by atoms with E-state index in [1.54, 1.807) is 11.1 Å². The van der Waals surface area contributed by atoms with Gasteiger partial charge in [0.2, 0.25) is 0 Å². The zero-order valence-electron chi connectivity index (χ0n) is 15.4. The summed E-state index contributed by atoms with van der Waals surface area (Å²) in [6.07, 6.45) is 4.94. The molecule has 1 saturated heterocycles. The first-order chi connectivity index (χ1) is 11.7. The molecule has 2 N–H and O–H groups in total. The average molecular weight is 328 g/mol. The molecule has 24 heavy (non-hydrogen) atoms. The van der Waals surface area contributed by atoms with E-state index in [1.165, 1.54) is 44.5 Å². The smallest absolute Gasteiger partial charge is 0.0681 e. The first-order valence-corrected chi connectivity index (χ1v) is 9.25. The molecule has 1 atom stereocenters. The second-order valence-corrected chi connectivity index (χ2v) is 6.84. The summed E-state index contributed by atoms with van der Waals surface area (Å²) in [5.41, 5.74) is 5.48. The molecule has 132 valence electrons. The lowest BCUT2D eigenvalue weighted by atomic mass is 9.81. The van der Waals surface area contributed by atoms with E-state index in [0.717, 1.165) is 11.5 Å². The van der Waals surface area contributed by atoms with E-state index < -0.39 is 0 Å². The van der Waals surface area contributed by atoms with Crippen LogP contribution < -0.4 is 5.32 Å². The summed E-state index contributed by atoms with van der Waals surface area (Å²) in [4.78, 5) is 4.85. The minimum Gasteiger partial charge on any atom is -0.392 e. The van der Waals surface area contributed by atoms with Gasteiger partial charge in [-0.15, -0.1) is 0 Å². The summed E-state index contributed by atoms with van der Waals surface area (Å²) < 4.78 is 0. The van der Waals surface area contributed by atoms with Crippen molar-refractivity contribution in [2.45, 2.75) is 59.1 Å². The molecule has 1 aromatic carbocycles. The average Bonchev–Trinajstić information content (AvgIpc) is 2.63. The maximum atomic E-state index is 8.54. The van der Waals surface area contributed by atoms with Gasteiger partial charge in [0.1, 0.15) is 0 Å². The Kier molecular flexibility index (Phi) is 7.67. The minimum absolute atomic E-state index is 0.140. The number of hydrogen-bond acceptors (Lipinski definition) is 3. The summed E-state index contributed by atoms with van der Waals surface area (Å²) in [5.74, 6) is 0.766. The van der Waals surface area contributed by atoms with Crippen LogP contribution >= 0.6 is 0 Å². The van der Waals surface area contributed by atoms with Gasteiger partial charge in [-0.2, -0.15) is 0 Å². The van der Waals surface area contributed by atoms with Crippen molar-refractivity contribution in [2.75, 3.05) is 13.1 Å². The predicted octanol–water partition coefficient (Wildman–Crippen LogP) is 4.12. The zero-order chi connectivity index (χ0) is 17.4. The molecule has 0 amide bonds. The Balaban J connectivity index is 0.000000219. The molecule has 1 unspecified atom stereocenters. The summed E-state index contributed by atoms with van der Waals surface area (Å²) in [6.45, 7) is 9.25. The third kappa shape index (κ3) is 5.29. The summed E-state index contributed by atoms with van der Waals surface area (Å²) >= 11 is 0. The van der Waals surface area contributed by atoms with Crippen LogP contribution in [0.5, 0.6) is 0 Å². The number of piperidine rings is 1. The van der Waals surface area contributed by atoms with Gasteiger partial charge >= 0.3 is 0 Å². The molecule has 1 fully saturated rings. The number of nitrogens with zero attached hydrogens (tertiary/aromatic N) is 1. The highest BCUT2D eigenvalue weighted by atomic mass is 16.3. The van der Waals surface area contributed by atoms with Crippen molar-refractivity contribution >= 4 is 5.71 Å². The van der Waals surface area contributed by atoms with Gasteiger partial charge < -0.3 is 10.4 Å². The number of benzene rings is 1. The normalized spacial score (nSPS) is 21.8. The molecule has 2 heterocycles. The number of aliphatic imine (C=N–C) groups is 1. The van der Waals surface area contributed by atoms with Gasteiger partial charge in [-0.3, -0.25) is 4.99 Å². The molecule has 3 heteroatoms. The van der Waals surface area contributed by atoms with Crippen LogP contribution in [0, 0.1) is 5.92 Å². The fourth-order valence-electron chi connectivity index (χ4n) is 3.73. The van der Waals surface area contributed by atoms with E-state index in [0.29, 0.717) is 6.04 Å². The van der Waals surface area contributed by atoms with Gasteiger partial charge in [-0.1, -0.05) is 42.8 Å². The lowest BCUT2D eigenvalue weighted by Crippen LogP contribution is -2.32. The van der Waals surface area contributed by atoms with Crippen LogP contribution in [-0.2, 0) is 6.61 Å². The molecule has 2 aliphatic rings. The number of aliphatic hydroxyl groups excluding tert-OH is 1. The first-order valence-electron chi connectivity index (χ1n) is 9.25. The monoisotopic (exact) mass is 328 g/mol. The van der Waals surface area contributed by atoms with E-state index in [2.05, 4.69) is 26.1 Å². The molecular weight excluding hydrogens is 296 g/mol. The van der Waals surface area contributed by atoms with Crippen LogP contribution in [0.15, 0.2) is 46.5 Å². The van der Waals surface area contributed by atoms with Crippen molar-refractivity contribution in [3.63, 3.8) is 0 Å². The standard InChI is InChI=1S/C14H24N2.C7H8O/c1-4-13-9-10(2)14(11(3)16-13)12-5-7-15-8-6-12;8-6-7-4-2-1-3-5-7/h12-13,15H,4-9H2,1-3H3;1-5,8H,6H2. The minimum atomic E-state index is 0.140. The Morgan fingerprint density at radius 1 is 1.12 bits per heavy atom. The molecule has 0 bridgehead atoms. The van der Waals surface area contributed by atoms with Gasteiger partial charge in [0.05, 0.1) is 12.6 Å². The largest absolute Gasteiger partial charge is 0.392 e. The van der Waals surface area contributed by atoms with Gasteiger partial charge in [-0.05, 0) is 69.7 Å². The predicted molar refractivity (Wildman–Crippen MR) is 102 cm³/mol. The Bertz CT molecular complexity index is 556. The number of rotatable bonds is 3. The zero-order valence-corrected chi connectivity index (χ0v) is 15.4. The van der Waals surface area contributed by atoms with Crippen LogP contribution in [-0.4, -0.2) is 29.9 Å². The van der Waals surface area contributed by atoms with Crippen molar-refractivity contribution in [3.8, 4) is 0 Å². The fourth-order valence-corrected chi connectivity index (χ4v) is 3.73. The summed E-state index contributed by atoms with van der Waals surface area (Å²) in [6, 6.07) is 10.1. The number of nitrogens with one attached hydrogen (secondary N) is 1. The highest BCUT2D eigenvalue weighted by molar-refractivity contribution is 6.00. The van der Waals surface area contributed by atoms with Crippen LogP contribution in [0.1, 0.15) is 52.0 Å². The highest BCUT2D eigenvalue weighted by Crippen LogP contribution is 2.31. The number of allylic oxidation sites excluding steroid dienone is 1. The topological polar surface area (TPSA) is 44.6 Å². The van der Waals surface area contributed by atoms with E-state index in [-0.39, 0.29) is 6.61 Å². The number of dihydropyridines is 1. The third-order valence-electron chi connectivity index (χ3n) is 5.01. The maximum Gasteiger partial charge on any atom is 0.0681 e. The van der Waals surface area contributed by atoms with E-state index >= 15 is 0 Å². The SMILES string of the molecule is CCC1CC(C)=C(C2CCNCC2)C(C)=N1.OCc1ccccc1. The number of hydrogen-bond donors (Lipinski definition) is 2. The Morgan fingerprint density at radius 3 is 2.29 bits per heavy atom.